The molecule has 1 rings (SSSR count). The second kappa shape index (κ2) is 6.41. The molecule has 0 spiro atoms. The summed E-state index contributed by atoms with van der Waals surface area (Å²) in [6.07, 6.45) is 3.67. The molecular formula is C15H31N3O2. The summed E-state index contributed by atoms with van der Waals surface area (Å²) in [4.78, 5) is 16.0. The fourth-order valence-corrected chi connectivity index (χ4v) is 3.24. The molecule has 20 heavy (non-hydrogen) atoms. The molecule has 5 nitrogen and oxygen atoms in total. The number of nitrogens with one attached hydrogen (secondary N) is 1. The third-order valence-electron chi connectivity index (χ3n) is 4.46. The van der Waals surface area contributed by atoms with E-state index in [0.717, 1.165) is 6.54 Å². The van der Waals surface area contributed by atoms with Crippen LogP contribution >= 0.6 is 0 Å². The molecule has 118 valence electrons. The quantitative estimate of drug-likeness (QED) is 0.703. The van der Waals surface area contributed by atoms with Crippen LogP contribution in [0.1, 0.15) is 40.0 Å². The molecule has 1 fully saturated rings. The van der Waals surface area contributed by atoms with Gasteiger partial charge in [0.05, 0.1) is 0 Å². The Balaban J connectivity index is 2.67. The number of nitrogens with zero attached hydrogens (tertiary/aromatic N) is 2. The number of hydrogen-bond acceptors (Lipinski definition) is 4. The Kier molecular flexibility index (Phi) is 5.58. The highest BCUT2D eigenvalue weighted by Gasteiger charge is 2.42. The van der Waals surface area contributed by atoms with Crippen molar-refractivity contribution in [3.05, 3.63) is 0 Å². The lowest BCUT2D eigenvalue weighted by molar-refractivity contribution is -0.145. The SMILES string of the molecule is CC(C)NC(C)(CN(C)CC1(N(C)C)CCC1)C(=O)O. The first kappa shape index (κ1) is 17.4. The predicted octanol–water partition coefficient (Wildman–Crippen LogP) is 1.24. The van der Waals surface area contributed by atoms with Crippen LogP contribution < -0.4 is 5.32 Å². The van der Waals surface area contributed by atoms with Crippen LogP contribution in [0, 0.1) is 0 Å². The second-order valence-electron chi connectivity index (χ2n) is 7.08. The topological polar surface area (TPSA) is 55.8 Å². The molecule has 0 aliphatic heterocycles. The summed E-state index contributed by atoms with van der Waals surface area (Å²) in [5, 5.41) is 12.7. The third-order valence-corrected chi connectivity index (χ3v) is 4.46. The van der Waals surface area contributed by atoms with Crippen molar-refractivity contribution in [2.45, 2.75) is 57.2 Å². The first-order valence-electron chi connectivity index (χ1n) is 7.48. The average molecular weight is 285 g/mol. The van der Waals surface area contributed by atoms with E-state index < -0.39 is 11.5 Å². The average Bonchev–Trinajstić information content (AvgIpc) is 2.21. The number of hydrogen-bond donors (Lipinski definition) is 2. The molecule has 0 radical (unpaired) electrons. The maximum atomic E-state index is 11.6. The summed E-state index contributed by atoms with van der Waals surface area (Å²) in [7, 11) is 6.26. The molecule has 1 atom stereocenters. The van der Waals surface area contributed by atoms with Crippen molar-refractivity contribution < 1.29 is 9.90 Å². The molecule has 0 saturated heterocycles. The molecule has 2 N–H and O–H groups in total. The lowest BCUT2D eigenvalue weighted by atomic mass is 9.75. The highest BCUT2D eigenvalue weighted by Crippen LogP contribution is 2.36. The zero-order chi connectivity index (χ0) is 15.6. The van der Waals surface area contributed by atoms with Gasteiger partial charge in [-0.25, -0.2) is 0 Å². The predicted molar refractivity (Wildman–Crippen MR) is 82.1 cm³/mol. The Hall–Kier alpha value is -0.650. The maximum Gasteiger partial charge on any atom is 0.324 e. The van der Waals surface area contributed by atoms with Gasteiger partial charge in [0.1, 0.15) is 5.54 Å². The minimum atomic E-state index is -0.903. The van der Waals surface area contributed by atoms with Crippen LogP contribution in [0.2, 0.25) is 0 Å². The molecule has 5 heteroatoms. The van der Waals surface area contributed by atoms with Crippen LogP contribution in [-0.2, 0) is 4.79 Å². The van der Waals surface area contributed by atoms with Gasteiger partial charge < -0.3 is 14.9 Å². The van der Waals surface area contributed by atoms with Crippen molar-refractivity contribution in [2.24, 2.45) is 0 Å². The Bertz CT molecular complexity index is 340. The number of carbonyl (C=O) groups is 1. The standard InChI is InChI=1S/C15H31N3O2/c1-12(2)16-14(3,13(19)20)10-18(6)11-15(17(4)5)8-7-9-15/h12,16H,7-11H2,1-6H3,(H,19,20). The number of aliphatic carboxylic acids is 1. The first-order valence-corrected chi connectivity index (χ1v) is 7.48. The van der Waals surface area contributed by atoms with Crippen LogP contribution in [0.25, 0.3) is 0 Å². The molecule has 0 aromatic carbocycles. The lowest BCUT2D eigenvalue weighted by Crippen LogP contribution is -2.62. The second-order valence-corrected chi connectivity index (χ2v) is 7.08. The van der Waals surface area contributed by atoms with Crippen molar-refractivity contribution in [1.29, 1.82) is 0 Å². The normalized spacial score (nSPS) is 21.1. The van der Waals surface area contributed by atoms with Crippen molar-refractivity contribution in [3.63, 3.8) is 0 Å². The molecule has 1 saturated carbocycles. The summed E-state index contributed by atoms with van der Waals surface area (Å²) in [6, 6.07) is 0.149. The molecule has 1 aliphatic carbocycles. The fraction of sp³-hybridized carbons (Fsp3) is 0.933. The molecule has 0 amide bonds. The van der Waals surface area contributed by atoms with Gasteiger partial charge in [0.25, 0.3) is 0 Å². The summed E-state index contributed by atoms with van der Waals surface area (Å²) in [6.45, 7) is 7.16. The van der Waals surface area contributed by atoms with Gasteiger partial charge in [-0.2, -0.15) is 0 Å². The van der Waals surface area contributed by atoms with Crippen LogP contribution in [0.5, 0.6) is 0 Å². The third kappa shape index (κ3) is 3.93. The van der Waals surface area contributed by atoms with Gasteiger partial charge in [-0.3, -0.25) is 10.1 Å². The first-order chi connectivity index (χ1) is 9.11. The fourth-order valence-electron chi connectivity index (χ4n) is 3.24. The van der Waals surface area contributed by atoms with E-state index in [9.17, 15) is 9.90 Å². The van der Waals surface area contributed by atoms with Gasteiger partial charge >= 0.3 is 5.97 Å². The summed E-state index contributed by atoms with van der Waals surface area (Å²) in [5.41, 5.74) is -0.674. The van der Waals surface area contributed by atoms with Crippen molar-refractivity contribution in [1.82, 2.24) is 15.1 Å². The van der Waals surface area contributed by atoms with E-state index in [1.54, 1.807) is 6.92 Å². The minimum Gasteiger partial charge on any atom is -0.480 e. The molecule has 1 aliphatic rings. The Labute approximate surface area is 123 Å². The van der Waals surface area contributed by atoms with Crippen molar-refractivity contribution in [3.8, 4) is 0 Å². The lowest BCUT2D eigenvalue weighted by Gasteiger charge is -2.50. The molecule has 0 aromatic heterocycles. The maximum absolute atomic E-state index is 11.6. The van der Waals surface area contributed by atoms with Crippen LogP contribution in [0.4, 0.5) is 0 Å². The van der Waals surface area contributed by atoms with E-state index in [-0.39, 0.29) is 11.6 Å². The molecule has 0 aromatic rings. The zero-order valence-corrected chi connectivity index (χ0v) is 13.9. The number of carboxylic acids is 1. The zero-order valence-electron chi connectivity index (χ0n) is 13.9. The number of carboxylic acid groups (broad SMARTS) is 1. The molecular weight excluding hydrogens is 254 g/mol. The van der Waals surface area contributed by atoms with Gasteiger partial charge in [-0.15, -0.1) is 0 Å². The van der Waals surface area contributed by atoms with E-state index >= 15 is 0 Å². The van der Waals surface area contributed by atoms with Gasteiger partial charge in [0.15, 0.2) is 0 Å². The van der Waals surface area contributed by atoms with Crippen LogP contribution in [0.15, 0.2) is 0 Å². The summed E-state index contributed by atoms with van der Waals surface area (Å²) >= 11 is 0. The molecule has 1 unspecified atom stereocenters. The largest absolute Gasteiger partial charge is 0.480 e. The van der Waals surface area contributed by atoms with Crippen molar-refractivity contribution in [2.75, 3.05) is 34.2 Å². The van der Waals surface area contributed by atoms with Gasteiger partial charge in [-0.1, -0.05) is 0 Å². The van der Waals surface area contributed by atoms with Gasteiger partial charge in [0, 0.05) is 24.7 Å². The number of rotatable bonds is 8. The van der Waals surface area contributed by atoms with E-state index in [4.69, 9.17) is 0 Å². The summed E-state index contributed by atoms with van der Waals surface area (Å²) < 4.78 is 0. The molecule has 0 heterocycles. The Morgan fingerprint density at radius 3 is 2.20 bits per heavy atom. The van der Waals surface area contributed by atoms with Gasteiger partial charge in [0.2, 0.25) is 0 Å². The minimum absolute atomic E-state index is 0.149. The summed E-state index contributed by atoms with van der Waals surface area (Å²) in [5.74, 6) is -0.787. The van der Waals surface area contributed by atoms with Crippen LogP contribution in [-0.4, -0.2) is 72.2 Å². The smallest absolute Gasteiger partial charge is 0.324 e. The highest BCUT2D eigenvalue weighted by atomic mass is 16.4. The molecule has 0 bridgehead atoms. The van der Waals surface area contributed by atoms with Crippen molar-refractivity contribution >= 4 is 5.97 Å². The van der Waals surface area contributed by atoms with E-state index in [1.165, 1.54) is 19.3 Å². The van der Waals surface area contributed by atoms with E-state index in [2.05, 4.69) is 29.2 Å². The highest BCUT2D eigenvalue weighted by molar-refractivity contribution is 5.78. The monoisotopic (exact) mass is 285 g/mol. The number of likely N-dealkylation sites (N-methyl/N-ethyl adjacent to an activating group) is 2. The van der Waals surface area contributed by atoms with E-state index in [0.29, 0.717) is 6.54 Å². The Morgan fingerprint density at radius 2 is 1.90 bits per heavy atom. The van der Waals surface area contributed by atoms with Crippen LogP contribution in [0.3, 0.4) is 0 Å². The van der Waals surface area contributed by atoms with E-state index in [1.807, 2.05) is 20.9 Å². The van der Waals surface area contributed by atoms with Gasteiger partial charge in [-0.05, 0) is 61.2 Å². The Morgan fingerprint density at radius 1 is 1.35 bits per heavy atom.